The molecule has 4 heterocycles. The van der Waals surface area contributed by atoms with E-state index in [1.807, 2.05) is 28.6 Å². The Morgan fingerprint density at radius 1 is 1.08 bits per heavy atom. The second kappa shape index (κ2) is 8.26. The van der Waals surface area contributed by atoms with E-state index >= 15 is 0 Å². The molecule has 2 saturated heterocycles. The Morgan fingerprint density at radius 2 is 1.77 bits per heavy atom. The van der Waals surface area contributed by atoms with E-state index in [4.69, 9.17) is 0 Å². The molecule has 138 valence electrons. The van der Waals surface area contributed by atoms with Gasteiger partial charge in [-0.1, -0.05) is 0 Å². The molecule has 6 nitrogen and oxygen atoms in total. The predicted molar refractivity (Wildman–Crippen MR) is 109 cm³/mol. The predicted octanol–water partition coefficient (Wildman–Crippen LogP) is 2.49. The number of anilines is 2. The highest BCUT2D eigenvalue weighted by Crippen LogP contribution is 2.23. The third kappa shape index (κ3) is 4.12. The van der Waals surface area contributed by atoms with Crippen LogP contribution in [0.5, 0.6) is 0 Å². The summed E-state index contributed by atoms with van der Waals surface area (Å²) in [5, 5.41) is 6.98. The fourth-order valence-electron chi connectivity index (χ4n) is 3.39. The van der Waals surface area contributed by atoms with Gasteiger partial charge in [-0.3, -0.25) is 4.79 Å². The Labute approximate surface area is 162 Å². The SMILES string of the molecule is O=C(NC1CCN(c2cc(N3CCSCC3)ncn2)CC1)c1ccsc1. The van der Waals surface area contributed by atoms with Gasteiger partial charge in [0.25, 0.3) is 5.91 Å². The normalized spacial score (nSPS) is 18.8. The van der Waals surface area contributed by atoms with Gasteiger partial charge in [0.15, 0.2) is 0 Å². The van der Waals surface area contributed by atoms with E-state index in [9.17, 15) is 4.79 Å². The van der Waals surface area contributed by atoms with Crippen molar-refractivity contribution in [2.24, 2.45) is 0 Å². The summed E-state index contributed by atoms with van der Waals surface area (Å²) in [6.45, 7) is 3.91. The van der Waals surface area contributed by atoms with Crippen LogP contribution in [0.15, 0.2) is 29.2 Å². The lowest BCUT2D eigenvalue weighted by Gasteiger charge is -2.34. The quantitative estimate of drug-likeness (QED) is 0.867. The molecular formula is C18H23N5OS2. The van der Waals surface area contributed by atoms with Crippen LogP contribution in [0.2, 0.25) is 0 Å². The highest BCUT2D eigenvalue weighted by Gasteiger charge is 2.23. The van der Waals surface area contributed by atoms with Gasteiger partial charge in [0.05, 0.1) is 0 Å². The zero-order valence-corrected chi connectivity index (χ0v) is 16.3. The number of thiophene rings is 1. The molecule has 1 amide bonds. The molecule has 0 atom stereocenters. The first-order chi connectivity index (χ1) is 12.8. The molecular weight excluding hydrogens is 366 g/mol. The number of amides is 1. The summed E-state index contributed by atoms with van der Waals surface area (Å²) in [5.74, 6) is 4.39. The first-order valence-corrected chi connectivity index (χ1v) is 11.1. The number of piperidine rings is 1. The molecule has 0 unspecified atom stereocenters. The second-order valence-electron chi connectivity index (χ2n) is 6.58. The summed E-state index contributed by atoms with van der Waals surface area (Å²) in [7, 11) is 0. The van der Waals surface area contributed by atoms with Crippen LogP contribution in [0.25, 0.3) is 0 Å². The molecule has 4 rings (SSSR count). The summed E-state index contributed by atoms with van der Waals surface area (Å²) >= 11 is 3.55. The van der Waals surface area contributed by atoms with Crippen molar-refractivity contribution in [2.45, 2.75) is 18.9 Å². The minimum absolute atomic E-state index is 0.0389. The topological polar surface area (TPSA) is 61.4 Å². The largest absolute Gasteiger partial charge is 0.356 e. The van der Waals surface area contributed by atoms with E-state index < -0.39 is 0 Å². The summed E-state index contributed by atoms with van der Waals surface area (Å²) in [5.41, 5.74) is 0.762. The van der Waals surface area contributed by atoms with Gasteiger partial charge >= 0.3 is 0 Å². The van der Waals surface area contributed by atoms with Gasteiger partial charge in [0.1, 0.15) is 18.0 Å². The smallest absolute Gasteiger partial charge is 0.252 e. The second-order valence-corrected chi connectivity index (χ2v) is 8.59. The van der Waals surface area contributed by atoms with Crippen LogP contribution in [0.3, 0.4) is 0 Å². The van der Waals surface area contributed by atoms with E-state index in [2.05, 4.69) is 31.2 Å². The van der Waals surface area contributed by atoms with Crippen molar-refractivity contribution in [3.8, 4) is 0 Å². The molecule has 0 spiro atoms. The van der Waals surface area contributed by atoms with E-state index in [1.165, 1.54) is 0 Å². The van der Waals surface area contributed by atoms with Crippen LogP contribution < -0.4 is 15.1 Å². The van der Waals surface area contributed by atoms with Crippen molar-refractivity contribution in [3.05, 3.63) is 34.8 Å². The Kier molecular flexibility index (Phi) is 5.59. The van der Waals surface area contributed by atoms with Crippen molar-refractivity contribution >= 4 is 40.6 Å². The number of nitrogens with one attached hydrogen (secondary N) is 1. The molecule has 1 N–H and O–H groups in total. The molecule has 0 saturated carbocycles. The molecule has 2 aromatic rings. The number of thioether (sulfide) groups is 1. The molecule has 0 bridgehead atoms. The van der Waals surface area contributed by atoms with Crippen molar-refractivity contribution in [1.29, 1.82) is 0 Å². The number of hydrogen-bond acceptors (Lipinski definition) is 7. The van der Waals surface area contributed by atoms with Crippen molar-refractivity contribution < 1.29 is 4.79 Å². The number of rotatable bonds is 4. The van der Waals surface area contributed by atoms with Gasteiger partial charge in [0.2, 0.25) is 0 Å². The Balaban J connectivity index is 1.33. The maximum absolute atomic E-state index is 12.2. The van der Waals surface area contributed by atoms with Crippen LogP contribution in [0.1, 0.15) is 23.2 Å². The van der Waals surface area contributed by atoms with Gasteiger partial charge in [-0.2, -0.15) is 23.1 Å². The zero-order chi connectivity index (χ0) is 17.8. The highest BCUT2D eigenvalue weighted by molar-refractivity contribution is 7.99. The van der Waals surface area contributed by atoms with E-state index in [-0.39, 0.29) is 11.9 Å². The van der Waals surface area contributed by atoms with Crippen LogP contribution in [0, 0.1) is 0 Å². The third-order valence-corrected chi connectivity index (χ3v) is 6.54. The maximum atomic E-state index is 12.2. The van der Waals surface area contributed by atoms with Crippen molar-refractivity contribution in [1.82, 2.24) is 15.3 Å². The number of carbonyl (C=O) groups is 1. The Bertz CT molecular complexity index is 725. The van der Waals surface area contributed by atoms with Gasteiger partial charge in [0, 0.05) is 60.7 Å². The van der Waals surface area contributed by atoms with Gasteiger partial charge in [-0.15, -0.1) is 0 Å². The van der Waals surface area contributed by atoms with Crippen molar-refractivity contribution in [2.75, 3.05) is 47.5 Å². The molecule has 2 fully saturated rings. The lowest BCUT2D eigenvalue weighted by Crippen LogP contribution is -2.45. The minimum Gasteiger partial charge on any atom is -0.356 e. The summed E-state index contributed by atoms with van der Waals surface area (Å²) in [6.07, 6.45) is 3.56. The molecule has 2 aliphatic rings. The minimum atomic E-state index is 0.0389. The zero-order valence-electron chi connectivity index (χ0n) is 14.6. The van der Waals surface area contributed by atoms with Gasteiger partial charge in [-0.05, 0) is 24.3 Å². The summed E-state index contributed by atoms with van der Waals surface area (Å²) in [4.78, 5) is 25.8. The average molecular weight is 390 g/mol. The van der Waals surface area contributed by atoms with E-state index in [0.717, 1.165) is 67.7 Å². The Hall–Kier alpha value is -1.80. The molecule has 8 heteroatoms. The first-order valence-electron chi connectivity index (χ1n) is 9.02. The number of hydrogen-bond donors (Lipinski definition) is 1. The van der Waals surface area contributed by atoms with E-state index in [1.54, 1.807) is 17.7 Å². The van der Waals surface area contributed by atoms with Crippen LogP contribution in [0.4, 0.5) is 11.6 Å². The Morgan fingerprint density at radius 3 is 2.42 bits per heavy atom. The summed E-state index contributed by atoms with van der Waals surface area (Å²) < 4.78 is 0. The van der Waals surface area contributed by atoms with Gasteiger partial charge in [-0.25, -0.2) is 9.97 Å². The fraction of sp³-hybridized carbons (Fsp3) is 0.500. The average Bonchev–Trinajstić information content (AvgIpc) is 3.24. The van der Waals surface area contributed by atoms with Crippen molar-refractivity contribution in [3.63, 3.8) is 0 Å². The molecule has 2 aromatic heterocycles. The maximum Gasteiger partial charge on any atom is 0.252 e. The fourth-order valence-corrected chi connectivity index (χ4v) is 4.93. The van der Waals surface area contributed by atoms with Crippen LogP contribution >= 0.6 is 23.1 Å². The number of aromatic nitrogens is 2. The highest BCUT2D eigenvalue weighted by atomic mass is 32.2. The first kappa shape index (κ1) is 17.6. The summed E-state index contributed by atoms with van der Waals surface area (Å²) in [6, 6.07) is 4.22. The monoisotopic (exact) mass is 389 g/mol. The molecule has 2 aliphatic heterocycles. The van der Waals surface area contributed by atoms with E-state index in [0.29, 0.717) is 0 Å². The number of carbonyl (C=O) groups excluding carboxylic acids is 1. The van der Waals surface area contributed by atoms with Crippen LogP contribution in [-0.4, -0.2) is 59.6 Å². The molecule has 0 aromatic carbocycles. The van der Waals surface area contributed by atoms with Gasteiger partial charge < -0.3 is 15.1 Å². The standard InChI is InChI=1S/C18H23N5OS2/c24-18(14-3-8-26-12-14)21-15-1-4-22(5-2-15)16-11-17(20-13-19-16)23-6-9-25-10-7-23/h3,8,11-13,15H,1-2,4-7,9-10H2,(H,21,24). The molecule has 0 aliphatic carbocycles. The third-order valence-electron chi connectivity index (χ3n) is 4.91. The molecule has 0 radical (unpaired) electrons. The number of nitrogens with zero attached hydrogens (tertiary/aromatic N) is 4. The molecule has 26 heavy (non-hydrogen) atoms. The van der Waals surface area contributed by atoms with Crippen LogP contribution in [-0.2, 0) is 0 Å². The lowest BCUT2D eigenvalue weighted by molar-refractivity contribution is 0.0931. The lowest BCUT2D eigenvalue weighted by atomic mass is 10.0.